The number of hydrogen-bond donors (Lipinski definition) is 1. The summed E-state index contributed by atoms with van der Waals surface area (Å²) in [5.41, 5.74) is 1.45. The number of aromatic nitrogens is 4. The predicted octanol–water partition coefficient (Wildman–Crippen LogP) is 2.69. The summed E-state index contributed by atoms with van der Waals surface area (Å²) in [6.45, 7) is 10.3. The topological polar surface area (TPSA) is 85.8 Å². The highest BCUT2D eigenvalue weighted by atomic mass is 16.5. The Labute approximate surface area is 142 Å². The van der Waals surface area contributed by atoms with Crippen LogP contribution in [0.25, 0.3) is 0 Å². The Morgan fingerprint density at radius 1 is 1.21 bits per heavy atom. The maximum absolute atomic E-state index is 12.5. The van der Waals surface area contributed by atoms with Crippen LogP contribution >= 0.6 is 0 Å². The lowest BCUT2D eigenvalue weighted by Crippen LogP contribution is -2.28. The van der Waals surface area contributed by atoms with Gasteiger partial charge in [-0.1, -0.05) is 32.9 Å². The van der Waals surface area contributed by atoms with Crippen LogP contribution in [0.2, 0.25) is 0 Å². The number of carbonyl (C=O) groups is 1. The van der Waals surface area contributed by atoms with Crippen LogP contribution < -0.4 is 5.32 Å². The molecule has 1 atom stereocenters. The van der Waals surface area contributed by atoms with Crippen molar-refractivity contribution in [3.8, 4) is 0 Å². The molecule has 0 aliphatic rings. The van der Waals surface area contributed by atoms with Gasteiger partial charge in [-0.15, -0.1) is 0 Å². The maximum atomic E-state index is 12.5. The Bertz CT molecular complexity index is 687. The van der Waals surface area contributed by atoms with Gasteiger partial charge in [0.25, 0.3) is 5.91 Å². The molecular weight excluding hydrogens is 306 g/mol. The molecule has 1 amide bonds. The molecule has 0 spiro atoms. The first-order valence-corrected chi connectivity index (χ1v) is 8.42. The molecule has 0 radical (unpaired) electrons. The molecule has 1 unspecified atom stereocenters. The normalized spacial score (nSPS) is 12.8. The third-order valence-corrected chi connectivity index (χ3v) is 3.57. The molecule has 0 saturated heterocycles. The van der Waals surface area contributed by atoms with Crippen LogP contribution in [0.4, 0.5) is 0 Å². The van der Waals surface area contributed by atoms with Gasteiger partial charge in [0.2, 0.25) is 5.89 Å². The number of nitrogens with one attached hydrogen (secondary N) is 1. The van der Waals surface area contributed by atoms with E-state index in [2.05, 4.69) is 48.3 Å². The van der Waals surface area contributed by atoms with Crippen LogP contribution in [0.1, 0.15) is 68.6 Å². The summed E-state index contributed by atoms with van der Waals surface area (Å²) in [4.78, 5) is 16.8. The van der Waals surface area contributed by atoms with Crippen LogP contribution in [-0.2, 0) is 19.9 Å². The van der Waals surface area contributed by atoms with Gasteiger partial charge in [0.1, 0.15) is 11.7 Å². The second-order valence-corrected chi connectivity index (χ2v) is 7.08. The average molecular weight is 333 g/mol. The molecule has 0 aromatic carbocycles. The summed E-state index contributed by atoms with van der Waals surface area (Å²) >= 11 is 0. The van der Waals surface area contributed by atoms with E-state index in [4.69, 9.17) is 4.52 Å². The fraction of sp³-hybridized carbons (Fsp3) is 0.647. The Hall–Kier alpha value is -2.18. The summed E-state index contributed by atoms with van der Waals surface area (Å²) in [6.07, 6.45) is 1.60. The zero-order valence-corrected chi connectivity index (χ0v) is 15.3. The van der Waals surface area contributed by atoms with Crippen LogP contribution in [0.15, 0.2) is 10.6 Å². The van der Waals surface area contributed by atoms with E-state index in [0.29, 0.717) is 29.2 Å². The van der Waals surface area contributed by atoms with Crippen molar-refractivity contribution in [3.05, 3.63) is 29.2 Å². The van der Waals surface area contributed by atoms with E-state index in [1.807, 2.05) is 13.0 Å². The van der Waals surface area contributed by atoms with Gasteiger partial charge in [-0.2, -0.15) is 10.1 Å². The van der Waals surface area contributed by atoms with E-state index in [9.17, 15) is 4.79 Å². The van der Waals surface area contributed by atoms with Gasteiger partial charge in [-0.25, -0.2) is 0 Å². The third kappa shape index (κ3) is 4.66. The van der Waals surface area contributed by atoms with Crippen LogP contribution in [0.3, 0.4) is 0 Å². The molecular formula is C17H27N5O2. The third-order valence-electron chi connectivity index (χ3n) is 3.57. The second kappa shape index (κ2) is 7.59. The van der Waals surface area contributed by atoms with E-state index < -0.39 is 0 Å². The quantitative estimate of drug-likeness (QED) is 0.842. The van der Waals surface area contributed by atoms with E-state index in [0.717, 1.165) is 18.5 Å². The summed E-state index contributed by atoms with van der Waals surface area (Å²) in [6, 6.07) is 1.48. The number of aryl methyl sites for hydroxylation is 1. The standard InChI is InChI=1S/C17H27N5O2/c1-10(2)7-13-9-14(22(6)20-13)16(23)18-12(5)17-19-15(21-24-17)8-11(3)4/h9-12H,7-8H2,1-6H3,(H,18,23). The molecule has 2 heterocycles. The molecule has 24 heavy (non-hydrogen) atoms. The summed E-state index contributed by atoms with van der Waals surface area (Å²) in [5, 5.41) is 11.2. The van der Waals surface area contributed by atoms with Crippen molar-refractivity contribution >= 4 is 5.91 Å². The number of amides is 1. The molecule has 0 aliphatic carbocycles. The van der Waals surface area contributed by atoms with E-state index in [-0.39, 0.29) is 11.9 Å². The first-order valence-electron chi connectivity index (χ1n) is 8.42. The largest absolute Gasteiger partial charge is 0.339 e. The van der Waals surface area contributed by atoms with Gasteiger partial charge < -0.3 is 9.84 Å². The molecule has 0 fully saturated rings. The summed E-state index contributed by atoms with van der Waals surface area (Å²) in [7, 11) is 1.77. The number of rotatable bonds is 7. The van der Waals surface area contributed by atoms with Crippen molar-refractivity contribution in [2.24, 2.45) is 18.9 Å². The van der Waals surface area contributed by atoms with Crippen molar-refractivity contribution < 1.29 is 9.32 Å². The van der Waals surface area contributed by atoms with Crippen LogP contribution in [0.5, 0.6) is 0 Å². The smallest absolute Gasteiger partial charge is 0.270 e. The molecule has 7 heteroatoms. The first-order chi connectivity index (χ1) is 11.3. The lowest BCUT2D eigenvalue weighted by Gasteiger charge is -2.09. The van der Waals surface area contributed by atoms with E-state index >= 15 is 0 Å². The molecule has 0 saturated carbocycles. The Balaban J connectivity index is 2.03. The summed E-state index contributed by atoms with van der Waals surface area (Å²) in [5.74, 6) is 1.84. The summed E-state index contributed by atoms with van der Waals surface area (Å²) < 4.78 is 6.86. The minimum atomic E-state index is -0.352. The molecule has 0 bridgehead atoms. The Morgan fingerprint density at radius 2 is 1.88 bits per heavy atom. The van der Waals surface area contributed by atoms with Crippen LogP contribution in [-0.4, -0.2) is 25.8 Å². The van der Waals surface area contributed by atoms with Crippen LogP contribution in [0, 0.1) is 11.8 Å². The minimum absolute atomic E-state index is 0.198. The Morgan fingerprint density at radius 3 is 2.50 bits per heavy atom. The van der Waals surface area contributed by atoms with Crippen molar-refractivity contribution in [3.63, 3.8) is 0 Å². The highest BCUT2D eigenvalue weighted by molar-refractivity contribution is 5.92. The Kier molecular flexibility index (Phi) is 5.75. The average Bonchev–Trinajstić information content (AvgIpc) is 3.04. The van der Waals surface area contributed by atoms with E-state index in [1.54, 1.807) is 11.7 Å². The number of hydrogen-bond acceptors (Lipinski definition) is 5. The molecule has 0 aliphatic heterocycles. The molecule has 1 N–H and O–H groups in total. The maximum Gasteiger partial charge on any atom is 0.270 e. The zero-order valence-electron chi connectivity index (χ0n) is 15.3. The predicted molar refractivity (Wildman–Crippen MR) is 90.5 cm³/mol. The minimum Gasteiger partial charge on any atom is -0.339 e. The monoisotopic (exact) mass is 333 g/mol. The van der Waals surface area contributed by atoms with Gasteiger partial charge >= 0.3 is 0 Å². The number of carbonyl (C=O) groups excluding carboxylic acids is 1. The second-order valence-electron chi connectivity index (χ2n) is 7.08. The lowest BCUT2D eigenvalue weighted by molar-refractivity contribution is 0.0923. The fourth-order valence-corrected chi connectivity index (χ4v) is 2.48. The van der Waals surface area contributed by atoms with Crippen molar-refractivity contribution in [2.75, 3.05) is 0 Å². The van der Waals surface area contributed by atoms with Gasteiger partial charge in [0, 0.05) is 13.5 Å². The van der Waals surface area contributed by atoms with Gasteiger partial charge in [-0.3, -0.25) is 9.48 Å². The van der Waals surface area contributed by atoms with Gasteiger partial charge in [0.15, 0.2) is 5.82 Å². The molecule has 2 aromatic heterocycles. The molecule has 7 nitrogen and oxygen atoms in total. The van der Waals surface area contributed by atoms with Crippen molar-refractivity contribution in [2.45, 2.75) is 53.5 Å². The van der Waals surface area contributed by atoms with Crippen molar-refractivity contribution in [1.82, 2.24) is 25.2 Å². The SMILES string of the molecule is CC(C)Cc1cc(C(=O)NC(C)c2nc(CC(C)C)no2)n(C)n1. The zero-order chi connectivity index (χ0) is 17.9. The highest BCUT2D eigenvalue weighted by Gasteiger charge is 2.20. The molecule has 132 valence electrons. The first kappa shape index (κ1) is 18.2. The van der Waals surface area contributed by atoms with Gasteiger partial charge in [0.05, 0.1) is 5.69 Å². The van der Waals surface area contributed by atoms with E-state index in [1.165, 1.54) is 0 Å². The molecule has 2 rings (SSSR count). The fourth-order valence-electron chi connectivity index (χ4n) is 2.48. The van der Waals surface area contributed by atoms with Gasteiger partial charge in [-0.05, 0) is 31.2 Å². The highest BCUT2D eigenvalue weighted by Crippen LogP contribution is 2.14. The molecule has 2 aromatic rings. The van der Waals surface area contributed by atoms with Crippen molar-refractivity contribution in [1.29, 1.82) is 0 Å². The number of nitrogens with zero attached hydrogens (tertiary/aromatic N) is 4. The lowest BCUT2D eigenvalue weighted by atomic mass is 10.1.